The number of aromatic nitrogens is 3. The first-order chi connectivity index (χ1) is 13.8. The second-order valence-electron chi connectivity index (χ2n) is 6.99. The summed E-state index contributed by atoms with van der Waals surface area (Å²) in [5, 5.41) is 11.0. The number of ether oxygens (including phenoxy) is 1. The Morgan fingerprint density at radius 3 is 2.90 bits per heavy atom. The Bertz CT molecular complexity index is 849. The topological polar surface area (TPSA) is 76.4 Å². The normalized spacial score (nSPS) is 17.1. The van der Waals surface area contributed by atoms with Crippen molar-refractivity contribution in [2.45, 2.75) is 51.7 Å². The molecule has 1 unspecified atom stereocenters. The molecule has 2 aromatic rings. The standard InChI is InChI=1S/C19H25F3N6O/c1-13-25-17-7-6-16(10-28(17)27-13)26-18(23-2)24-9-14-4-3-5-15(8-14)11-29-12-19(20,21)22/h3-5,8,16H,6-7,9-12H2,1-2H3,(H2,23,24,26). The predicted molar refractivity (Wildman–Crippen MR) is 102 cm³/mol. The van der Waals surface area contributed by atoms with E-state index >= 15 is 0 Å². The fourth-order valence-corrected chi connectivity index (χ4v) is 3.24. The summed E-state index contributed by atoms with van der Waals surface area (Å²) in [6.45, 7) is 1.77. The predicted octanol–water partition coefficient (Wildman–Crippen LogP) is 2.35. The highest BCUT2D eigenvalue weighted by molar-refractivity contribution is 5.79. The fraction of sp³-hybridized carbons (Fsp3) is 0.526. The molecular formula is C19H25F3N6O. The van der Waals surface area contributed by atoms with E-state index in [2.05, 4.69) is 25.7 Å². The van der Waals surface area contributed by atoms with Crippen LogP contribution in [-0.2, 0) is 30.9 Å². The van der Waals surface area contributed by atoms with Crippen molar-refractivity contribution < 1.29 is 17.9 Å². The monoisotopic (exact) mass is 410 g/mol. The lowest BCUT2D eigenvalue weighted by Gasteiger charge is -2.25. The van der Waals surface area contributed by atoms with E-state index in [9.17, 15) is 13.2 Å². The average molecular weight is 410 g/mol. The Hall–Kier alpha value is -2.62. The van der Waals surface area contributed by atoms with Gasteiger partial charge in [0.2, 0.25) is 0 Å². The molecule has 0 amide bonds. The molecule has 158 valence electrons. The molecule has 1 aromatic carbocycles. The van der Waals surface area contributed by atoms with E-state index in [0.29, 0.717) is 18.1 Å². The average Bonchev–Trinajstić information content (AvgIpc) is 3.03. The highest BCUT2D eigenvalue weighted by atomic mass is 19.4. The van der Waals surface area contributed by atoms with Crippen LogP contribution in [0.25, 0.3) is 0 Å². The molecule has 0 saturated heterocycles. The molecule has 29 heavy (non-hydrogen) atoms. The van der Waals surface area contributed by atoms with Gasteiger partial charge in [-0.3, -0.25) is 4.99 Å². The second kappa shape index (κ2) is 9.25. The van der Waals surface area contributed by atoms with Gasteiger partial charge < -0.3 is 15.4 Å². The third kappa shape index (κ3) is 6.45. The number of benzene rings is 1. The SMILES string of the molecule is CN=C(NCc1cccc(COCC(F)(F)F)c1)NC1CCc2nc(C)nn2C1. The van der Waals surface area contributed by atoms with Crippen molar-refractivity contribution in [1.82, 2.24) is 25.4 Å². The molecule has 0 radical (unpaired) electrons. The van der Waals surface area contributed by atoms with Gasteiger partial charge in [0.15, 0.2) is 5.96 Å². The van der Waals surface area contributed by atoms with Gasteiger partial charge in [-0.1, -0.05) is 24.3 Å². The molecule has 10 heteroatoms. The van der Waals surface area contributed by atoms with Gasteiger partial charge >= 0.3 is 6.18 Å². The van der Waals surface area contributed by atoms with Gasteiger partial charge in [-0.2, -0.15) is 18.3 Å². The summed E-state index contributed by atoms with van der Waals surface area (Å²) >= 11 is 0. The molecule has 1 aliphatic heterocycles. The number of hydrogen-bond acceptors (Lipinski definition) is 4. The van der Waals surface area contributed by atoms with E-state index in [1.807, 2.05) is 23.7 Å². The van der Waals surface area contributed by atoms with E-state index in [1.165, 1.54) is 0 Å². The van der Waals surface area contributed by atoms with Crippen molar-refractivity contribution >= 4 is 5.96 Å². The lowest BCUT2D eigenvalue weighted by Crippen LogP contribution is -2.46. The Morgan fingerprint density at radius 1 is 1.34 bits per heavy atom. The van der Waals surface area contributed by atoms with Crippen LogP contribution in [0.2, 0.25) is 0 Å². The Morgan fingerprint density at radius 2 is 2.14 bits per heavy atom. The van der Waals surface area contributed by atoms with Crippen LogP contribution in [-0.4, -0.2) is 46.6 Å². The Labute approximate surface area is 167 Å². The maximum absolute atomic E-state index is 12.2. The van der Waals surface area contributed by atoms with Crippen molar-refractivity contribution in [3.8, 4) is 0 Å². The summed E-state index contributed by atoms with van der Waals surface area (Å²) in [5.74, 6) is 2.45. The van der Waals surface area contributed by atoms with E-state index in [0.717, 1.165) is 36.6 Å². The quantitative estimate of drug-likeness (QED) is 0.565. The molecule has 0 spiro atoms. The number of nitrogens with one attached hydrogen (secondary N) is 2. The number of hydrogen-bond donors (Lipinski definition) is 2. The highest BCUT2D eigenvalue weighted by Gasteiger charge is 2.27. The molecule has 1 aliphatic rings. The Kier molecular flexibility index (Phi) is 6.73. The molecule has 0 saturated carbocycles. The fourth-order valence-electron chi connectivity index (χ4n) is 3.24. The zero-order valence-electron chi connectivity index (χ0n) is 16.5. The van der Waals surface area contributed by atoms with Crippen LogP contribution in [0.4, 0.5) is 13.2 Å². The maximum atomic E-state index is 12.2. The summed E-state index contributed by atoms with van der Waals surface area (Å²) < 4.78 is 43.2. The minimum absolute atomic E-state index is 0.0813. The Balaban J connectivity index is 1.49. The van der Waals surface area contributed by atoms with E-state index in [4.69, 9.17) is 4.74 Å². The number of aliphatic imine (C=N–C) groups is 1. The van der Waals surface area contributed by atoms with Crippen molar-refractivity contribution in [2.24, 2.45) is 4.99 Å². The van der Waals surface area contributed by atoms with Crippen molar-refractivity contribution in [1.29, 1.82) is 0 Å². The lowest BCUT2D eigenvalue weighted by atomic mass is 10.1. The summed E-state index contributed by atoms with van der Waals surface area (Å²) in [6, 6.07) is 7.46. The van der Waals surface area contributed by atoms with Crippen LogP contribution in [0, 0.1) is 6.92 Å². The zero-order chi connectivity index (χ0) is 20.9. The number of nitrogens with zero attached hydrogens (tertiary/aromatic N) is 4. The zero-order valence-corrected chi connectivity index (χ0v) is 16.5. The summed E-state index contributed by atoms with van der Waals surface area (Å²) in [6.07, 6.45) is -2.53. The summed E-state index contributed by atoms with van der Waals surface area (Å²) in [5.41, 5.74) is 1.62. The van der Waals surface area contributed by atoms with Gasteiger partial charge in [-0.15, -0.1) is 0 Å². The van der Waals surface area contributed by atoms with Crippen LogP contribution in [0.1, 0.15) is 29.2 Å². The number of halogens is 3. The summed E-state index contributed by atoms with van der Waals surface area (Å²) in [4.78, 5) is 8.67. The number of guanidine groups is 1. The van der Waals surface area contributed by atoms with E-state index in [1.54, 1.807) is 19.2 Å². The number of alkyl halides is 3. The van der Waals surface area contributed by atoms with Crippen molar-refractivity contribution in [3.63, 3.8) is 0 Å². The number of aryl methyl sites for hydroxylation is 2. The minimum atomic E-state index is -4.32. The maximum Gasteiger partial charge on any atom is 0.411 e. The van der Waals surface area contributed by atoms with Crippen LogP contribution >= 0.6 is 0 Å². The largest absolute Gasteiger partial charge is 0.411 e. The molecule has 1 atom stereocenters. The molecule has 2 heterocycles. The first kappa shape index (κ1) is 21.1. The lowest BCUT2D eigenvalue weighted by molar-refractivity contribution is -0.176. The van der Waals surface area contributed by atoms with Crippen LogP contribution in [0.15, 0.2) is 29.3 Å². The van der Waals surface area contributed by atoms with Gasteiger partial charge in [0, 0.05) is 26.1 Å². The molecule has 1 aromatic heterocycles. The third-order valence-electron chi connectivity index (χ3n) is 4.51. The van der Waals surface area contributed by atoms with Crippen molar-refractivity contribution in [3.05, 3.63) is 47.0 Å². The van der Waals surface area contributed by atoms with Gasteiger partial charge in [0.05, 0.1) is 13.2 Å². The van der Waals surface area contributed by atoms with Gasteiger partial charge in [-0.05, 0) is 24.5 Å². The van der Waals surface area contributed by atoms with Crippen LogP contribution < -0.4 is 10.6 Å². The molecule has 7 nitrogen and oxygen atoms in total. The molecule has 0 aliphatic carbocycles. The molecule has 3 rings (SSSR count). The number of rotatable bonds is 6. The van der Waals surface area contributed by atoms with E-state index in [-0.39, 0.29) is 12.6 Å². The number of fused-ring (bicyclic) bond motifs is 1. The molecule has 2 N–H and O–H groups in total. The molecule has 0 fully saturated rings. The third-order valence-corrected chi connectivity index (χ3v) is 4.51. The minimum Gasteiger partial charge on any atom is -0.367 e. The molecular weight excluding hydrogens is 385 g/mol. The van der Waals surface area contributed by atoms with Gasteiger partial charge in [-0.25, -0.2) is 9.67 Å². The van der Waals surface area contributed by atoms with Crippen LogP contribution in [0.5, 0.6) is 0 Å². The van der Waals surface area contributed by atoms with Gasteiger partial charge in [0.25, 0.3) is 0 Å². The second-order valence-corrected chi connectivity index (χ2v) is 6.99. The first-order valence-electron chi connectivity index (χ1n) is 9.42. The first-order valence-corrected chi connectivity index (χ1v) is 9.42. The highest BCUT2D eigenvalue weighted by Crippen LogP contribution is 2.16. The smallest absolute Gasteiger partial charge is 0.367 e. The molecule has 0 bridgehead atoms. The van der Waals surface area contributed by atoms with Crippen LogP contribution in [0.3, 0.4) is 0 Å². The van der Waals surface area contributed by atoms with E-state index < -0.39 is 12.8 Å². The van der Waals surface area contributed by atoms with Crippen molar-refractivity contribution in [2.75, 3.05) is 13.7 Å². The summed E-state index contributed by atoms with van der Waals surface area (Å²) in [7, 11) is 1.70. The van der Waals surface area contributed by atoms with Gasteiger partial charge in [0.1, 0.15) is 18.3 Å².